The van der Waals surface area contributed by atoms with Crippen molar-refractivity contribution in [2.75, 3.05) is 27.1 Å². The molecule has 0 aliphatic heterocycles. The summed E-state index contributed by atoms with van der Waals surface area (Å²) in [6.45, 7) is 5.90. The molecule has 0 aliphatic rings. The highest BCUT2D eigenvalue weighted by molar-refractivity contribution is 5.94. The predicted molar refractivity (Wildman–Crippen MR) is 87.8 cm³/mol. The lowest BCUT2D eigenvalue weighted by molar-refractivity contribution is -0.138. The van der Waals surface area contributed by atoms with Gasteiger partial charge in [0.15, 0.2) is 6.79 Å². The molecule has 2 aromatic carbocycles. The van der Waals surface area contributed by atoms with Gasteiger partial charge in [0.05, 0.1) is 0 Å². The molecule has 5 nitrogen and oxygen atoms in total. The van der Waals surface area contributed by atoms with E-state index in [1.807, 2.05) is 37.3 Å². The zero-order valence-electron chi connectivity index (χ0n) is 13.3. The highest BCUT2D eigenvalue weighted by Gasteiger charge is 2.12. The number of rotatable bonds is 8. The summed E-state index contributed by atoms with van der Waals surface area (Å²) in [6.07, 6.45) is 1.13. The molecular weight excluding hydrogens is 296 g/mol. The average Bonchev–Trinajstić information content (AvgIpc) is 2.58. The summed E-state index contributed by atoms with van der Waals surface area (Å²) >= 11 is 0. The third-order valence-corrected chi connectivity index (χ3v) is 3.22. The molecule has 0 aromatic heterocycles. The van der Waals surface area contributed by atoms with Gasteiger partial charge in [-0.1, -0.05) is 30.8 Å². The van der Waals surface area contributed by atoms with Crippen LogP contribution >= 0.6 is 0 Å². The molecule has 0 heterocycles. The number of fused-ring (bicyclic) bond motifs is 1. The van der Waals surface area contributed by atoms with E-state index in [0.29, 0.717) is 0 Å². The van der Waals surface area contributed by atoms with Crippen LogP contribution in [-0.2, 0) is 14.3 Å². The summed E-state index contributed by atoms with van der Waals surface area (Å²) in [5, 5.41) is 1.88. The lowest BCUT2D eigenvalue weighted by Gasteiger charge is -2.16. The monoisotopic (exact) mass is 316 g/mol. The van der Waals surface area contributed by atoms with Crippen molar-refractivity contribution in [3.05, 3.63) is 48.6 Å². The first kappa shape index (κ1) is 16.8. The SMILES string of the molecule is C=CC(=O)OCCOc1c(C)cc(OCOC)c2ccccc12. The number of hydrogen-bond donors (Lipinski definition) is 0. The fourth-order valence-electron chi connectivity index (χ4n) is 2.23. The lowest BCUT2D eigenvalue weighted by atomic mass is 10.0. The Hall–Kier alpha value is -2.53. The van der Waals surface area contributed by atoms with Gasteiger partial charge in [0.1, 0.15) is 24.7 Å². The van der Waals surface area contributed by atoms with E-state index in [0.717, 1.165) is 33.9 Å². The molecule has 2 rings (SSSR count). The molecule has 0 aliphatic carbocycles. The van der Waals surface area contributed by atoms with Crippen LogP contribution in [0, 0.1) is 6.92 Å². The number of carbonyl (C=O) groups excluding carboxylic acids is 1. The van der Waals surface area contributed by atoms with E-state index < -0.39 is 5.97 Å². The van der Waals surface area contributed by atoms with Gasteiger partial charge in [-0.2, -0.15) is 0 Å². The van der Waals surface area contributed by atoms with Crippen LogP contribution in [-0.4, -0.2) is 33.1 Å². The molecule has 122 valence electrons. The first-order chi connectivity index (χ1) is 11.2. The van der Waals surface area contributed by atoms with Crippen molar-refractivity contribution in [2.45, 2.75) is 6.92 Å². The van der Waals surface area contributed by atoms with Gasteiger partial charge < -0.3 is 18.9 Å². The van der Waals surface area contributed by atoms with Crippen LogP contribution in [0.1, 0.15) is 5.56 Å². The zero-order chi connectivity index (χ0) is 16.7. The van der Waals surface area contributed by atoms with Gasteiger partial charge in [-0.05, 0) is 18.6 Å². The van der Waals surface area contributed by atoms with Gasteiger partial charge in [-0.3, -0.25) is 0 Å². The van der Waals surface area contributed by atoms with Crippen molar-refractivity contribution in [3.63, 3.8) is 0 Å². The maximum atomic E-state index is 11.0. The van der Waals surface area contributed by atoms with E-state index in [-0.39, 0.29) is 20.0 Å². The molecular formula is C18H20O5. The zero-order valence-corrected chi connectivity index (χ0v) is 13.3. The minimum Gasteiger partial charge on any atom is -0.489 e. The summed E-state index contributed by atoms with van der Waals surface area (Å²) in [5.41, 5.74) is 0.935. The van der Waals surface area contributed by atoms with Gasteiger partial charge in [0, 0.05) is 24.0 Å². The van der Waals surface area contributed by atoms with Crippen LogP contribution in [0.25, 0.3) is 10.8 Å². The molecule has 5 heteroatoms. The Bertz CT molecular complexity index is 693. The van der Waals surface area contributed by atoms with Crippen molar-refractivity contribution in [1.29, 1.82) is 0 Å². The van der Waals surface area contributed by atoms with Gasteiger partial charge >= 0.3 is 5.97 Å². The molecule has 2 aromatic rings. The van der Waals surface area contributed by atoms with Gasteiger partial charge in [-0.15, -0.1) is 0 Å². The second-order valence-corrected chi connectivity index (χ2v) is 4.84. The van der Waals surface area contributed by atoms with Gasteiger partial charge in [0.2, 0.25) is 0 Å². The maximum Gasteiger partial charge on any atom is 0.330 e. The largest absolute Gasteiger partial charge is 0.489 e. The molecule has 0 unspecified atom stereocenters. The average molecular weight is 316 g/mol. The highest BCUT2D eigenvalue weighted by atomic mass is 16.7. The van der Waals surface area contributed by atoms with E-state index in [1.165, 1.54) is 0 Å². The van der Waals surface area contributed by atoms with E-state index in [2.05, 4.69) is 6.58 Å². The van der Waals surface area contributed by atoms with E-state index >= 15 is 0 Å². The topological polar surface area (TPSA) is 54.0 Å². The summed E-state index contributed by atoms with van der Waals surface area (Å²) in [6, 6.07) is 9.71. The fraction of sp³-hybridized carbons (Fsp3) is 0.278. The second kappa shape index (κ2) is 8.19. The van der Waals surface area contributed by atoms with Crippen LogP contribution in [0.5, 0.6) is 11.5 Å². The van der Waals surface area contributed by atoms with Crippen molar-refractivity contribution >= 4 is 16.7 Å². The standard InChI is InChI=1S/C18H20O5/c1-4-17(19)21-9-10-22-18-13(2)11-16(23-12-20-3)14-7-5-6-8-15(14)18/h4-8,11H,1,9-10,12H2,2-3H3. The summed E-state index contributed by atoms with van der Waals surface area (Å²) in [4.78, 5) is 11.0. The third kappa shape index (κ3) is 4.23. The molecule has 0 atom stereocenters. The predicted octanol–water partition coefficient (Wildman–Crippen LogP) is 3.24. The Morgan fingerprint density at radius 2 is 1.91 bits per heavy atom. The van der Waals surface area contributed by atoms with Crippen molar-refractivity contribution in [3.8, 4) is 11.5 Å². The molecule has 0 spiro atoms. The molecule has 0 N–H and O–H groups in total. The summed E-state index contributed by atoms with van der Waals surface area (Å²) < 4.78 is 21.3. The Kier molecular flexibility index (Phi) is 6.00. The molecule has 0 saturated heterocycles. The first-order valence-corrected chi connectivity index (χ1v) is 7.23. The van der Waals surface area contributed by atoms with E-state index in [4.69, 9.17) is 18.9 Å². The lowest BCUT2D eigenvalue weighted by Crippen LogP contribution is -2.11. The van der Waals surface area contributed by atoms with Crippen LogP contribution in [0.15, 0.2) is 43.0 Å². The number of hydrogen-bond acceptors (Lipinski definition) is 5. The van der Waals surface area contributed by atoms with Crippen molar-refractivity contribution in [1.82, 2.24) is 0 Å². The maximum absolute atomic E-state index is 11.0. The Balaban J connectivity index is 2.21. The van der Waals surface area contributed by atoms with E-state index in [1.54, 1.807) is 7.11 Å². The molecule has 0 bridgehead atoms. The third-order valence-electron chi connectivity index (χ3n) is 3.22. The van der Waals surface area contributed by atoms with Crippen LogP contribution in [0.3, 0.4) is 0 Å². The Morgan fingerprint density at radius 3 is 2.61 bits per heavy atom. The molecule has 0 radical (unpaired) electrons. The molecule has 23 heavy (non-hydrogen) atoms. The fourth-order valence-corrected chi connectivity index (χ4v) is 2.23. The number of ether oxygens (including phenoxy) is 4. The van der Waals surface area contributed by atoms with E-state index in [9.17, 15) is 4.79 Å². The van der Waals surface area contributed by atoms with Crippen LogP contribution in [0.2, 0.25) is 0 Å². The van der Waals surface area contributed by atoms with Gasteiger partial charge in [-0.25, -0.2) is 4.79 Å². The quantitative estimate of drug-likeness (QED) is 0.324. The normalized spacial score (nSPS) is 10.3. The number of methoxy groups -OCH3 is 1. The van der Waals surface area contributed by atoms with Crippen molar-refractivity contribution < 1.29 is 23.7 Å². The minimum atomic E-state index is -0.460. The Morgan fingerprint density at radius 1 is 1.17 bits per heavy atom. The summed E-state index contributed by atoms with van der Waals surface area (Å²) in [7, 11) is 1.58. The minimum absolute atomic E-state index is 0.167. The number of aryl methyl sites for hydroxylation is 1. The second-order valence-electron chi connectivity index (χ2n) is 4.84. The van der Waals surface area contributed by atoms with Gasteiger partial charge in [0.25, 0.3) is 0 Å². The summed E-state index contributed by atoms with van der Waals surface area (Å²) in [5.74, 6) is 1.03. The van der Waals surface area contributed by atoms with Crippen LogP contribution in [0.4, 0.5) is 0 Å². The molecule has 0 amide bonds. The number of esters is 1. The highest BCUT2D eigenvalue weighted by Crippen LogP contribution is 2.36. The smallest absolute Gasteiger partial charge is 0.330 e. The number of carbonyl (C=O) groups is 1. The molecule has 0 saturated carbocycles. The van der Waals surface area contributed by atoms with Crippen LogP contribution < -0.4 is 9.47 Å². The Labute approximate surface area is 135 Å². The first-order valence-electron chi connectivity index (χ1n) is 7.23. The molecule has 0 fully saturated rings. The number of benzene rings is 2. The van der Waals surface area contributed by atoms with Crippen molar-refractivity contribution in [2.24, 2.45) is 0 Å².